The van der Waals surface area contributed by atoms with E-state index in [-0.39, 0.29) is 11.7 Å². The van der Waals surface area contributed by atoms with Crippen molar-refractivity contribution in [3.8, 4) is 0 Å². The molecule has 0 amide bonds. The molecule has 1 aromatic carbocycles. The van der Waals surface area contributed by atoms with Crippen LogP contribution >= 0.6 is 11.8 Å². The summed E-state index contributed by atoms with van der Waals surface area (Å²) in [7, 11) is 0. The highest BCUT2D eigenvalue weighted by Crippen LogP contribution is 2.24. The molecule has 1 fully saturated rings. The largest absolute Gasteiger partial charge is 0.369 e. The van der Waals surface area contributed by atoms with Gasteiger partial charge in [0.15, 0.2) is 0 Å². The van der Waals surface area contributed by atoms with Crippen LogP contribution in [-0.2, 0) is 9.53 Å². The number of carbonyl (C=O) groups excluding carboxylic acids is 1. The zero-order valence-electron chi connectivity index (χ0n) is 9.44. The number of benzene rings is 1. The van der Waals surface area contributed by atoms with Crippen LogP contribution < -0.4 is 0 Å². The smallest absolute Gasteiger partial charge is 0.219 e. The lowest BCUT2D eigenvalue weighted by atomic mass is 9.96. The van der Waals surface area contributed by atoms with Gasteiger partial charge in [0.05, 0.1) is 6.10 Å². The minimum absolute atomic E-state index is 0.0933. The molecular weight excluding hydrogens is 220 g/mol. The van der Waals surface area contributed by atoms with Gasteiger partial charge in [-0.05, 0) is 50.1 Å². The van der Waals surface area contributed by atoms with Gasteiger partial charge in [0.1, 0.15) is 6.61 Å². The number of aryl methyl sites for hydroxylation is 1. The predicted molar refractivity (Wildman–Crippen MR) is 65.6 cm³/mol. The zero-order chi connectivity index (χ0) is 11.4. The van der Waals surface area contributed by atoms with Crippen LogP contribution in [0.5, 0.6) is 0 Å². The first-order valence-corrected chi connectivity index (χ1v) is 6.44. The maximum Gasteiger partial charge on any atom is 0.219 e. The van der Waals surface area contributed by atoms with Gasteiger partial charge in [-0.25, -0.2) is 0 Å². The normalized spacial score (nSPS) is 15.8. The van der Waals surface area contributed by atoms with Crippen molar-refractivity contribution in [2.24, 2.45) is 0 Å². The third-order valence-corrected chi connectivity index (χ3v) is 3.60. The molecule has 0 radical (unpaired) electrons. The van der Waals surface area contributed by atoms with E-state index in [4.69, 9.17) is 4.74 Å². The number of thioether (sulfide) groups is 1. The number of hydrogen-bond acceptors (Lipinski definition) is 3. The third-order valence-electron chi connectivity index (χ3n) is 2.74. The second-order valence-electron chi connectivity index (χ2n) is 4.15. The highest BCUT2D eigenvalue weighted by molar-refractivity contribution is 8.13. The number of carbonyl (C=O) groups is 1. The highest BCUT2D eigenvalue weighted by Gasteiger charge is 2.19. The van der Waals surface area contributed by atoms with Gasteiger partial charge in [-0.3, -0.25) is 4.79 Å². The molecule has 0 aliphatic heterocycles. The molecule has 1 aliphatic carbocycles. The van der Waals surface area contributed by atoms with E-state index in [1.54, 1.807) is 0 Å². The van der Waals surface area contributed by atoms with Crippen LogP contribution in [0.1, 0.15) is 24.8 Å². The second kappa shape index (κ2) is 5.51. The summed E-state index contributed by atoms with van der Waals surface area (Å²) in [6, 6.07) is 7.98. The van der Waals surface area contributed by atoms with Crippen LogP contribution in [0.2, 0.25) is 0 Å². The Labute approximate surface area is 100 Å². The van der Waals surface area contributed by atoms with Gasteiger partial charge in [-0.2, -0.15) is 0 Å². The van der Waals surface area contributed by atoms with Gasteiger partial charge in [-0.1, -0.05) is 17.7 Å². The Balaban J connectivity index is 1.75. The Morgan fingerprint density at radius 1 is 1.38 bits per heavy atom. The summed E-state index contributed by atoms with van der Waals surface area (Å²) in [6.45, 7) is 2.28. The molecule has 0 atom stereocenters. The van der Waals surface area contributed by atoms with Crippen molar-refractivity contribution < 1.29 is 9.53 Å². The van der Waals surface area contributed by atoms with Crippen LogP contribution in [0.3, 0.4) is 0 Å². The van der Waals surface area contributed by atoms with Gasteiger partial charge in [0.2, 0.25) is 5.12 Å². The standard InChI is InChI=1S/C13H16O2S/c1-10-5-7-12(8-6-10)16-13(14)9-15-11-3-2-4-11/h5-8,11H,2-4,9H2,1H3. The molecule has 1 saturated carbocycles. The van der Waals surface area contributed by atoms with Crippen LogP contribution in [0.15, 0.2) is 29.2 Å². The summed E-state index contributed by atoms with van der Waals surface area (Å²) in [5.74, 6) is 0. The van der Waals surface area contributed by atoms with Crippen molar-refractivity contribution in [2.45, 2.75) is 37.2 Å². The van der Waals surface area contributed by atoms with Crippen LogP contribution in [0, 0.1) is 6.92 Å². The first-order valence-electron chi connectivity index (χ1n) is 5.63. The Hall–Kier alpha value is -0.800. The molecule has 86 valence electrons. The second-order valence-corrected chi connectivity index (χ2v) is 5.28. The van der Waals surface area contributed by atoms with Crippen LogP contribution in [0.4, 0.5) is 0 Å². The molecule has 0 bridgehead atoms. The molecule has 2 nitrogen and oxygen atoms in total. The summed E-state index contributed by atoms with van der Waals surface area (Å²) in [5.41, 5.74) is 1.21. The molecule has 0 saturated heterocycles. The van der Waals surface area contributed by atoms with Gasteiger partial charge in [-0.15, -0.1) is 0 Å². The van der Waals surface area contributed by atoms with E-state index in [1.807, 2.05) is 31.2 Å². The molecule has 0 unspecified atom stereocenters. The number of hydrogen-bond donors (Lipinski definition) is 0. The average molecular weight is 236 g/mol. The number of rotatable bonds is 4. The van der Waals surface area contributed by atoms with Gasteiger partial charge in [0, 0.05) is 4.90 Å². The molecule has 1 aliphatic rings. The fraction of sp³-hybridized carbons (Fsp3) is 0.462. The molecule has 0 aromatic heterocycles. The van der Waals surface area contributed by atoms with Crippen molar-refractivity contribution in [1.82, 2.24) is 0 Å². The minimum Gasteiger partial charge on any atom is -0.369 e. The van der Waals surface area contributed by atoms with Crippen LogP contribution in [0.25, 0.3) is 0 Å². The topological polar surface area (TPSA) is 26.3 Å². The monoisotopic (exact) mass is 236 g/mol. The van der Waals surface area contributed by atoms with E-state index < -0.39 is 0 Å². The molecule has 2 rings (SSSR count). The fourth-order valence-electron chi connectivity index (χ4n) is 1.49. The fourth-order valence-corrected chi connectivity index (χ4v) is 2.15. The first-order chi connectivity index (χ1) is 7.74. The summed E-state index contributed by atoms with van der Waals surface area (Å²) < 4.78 is 5.47. The quantitative estimate of drug-likeness (QED) is 0.751. The Bertz CT molecular complexity index is 355. The van der Waals surface area contributed by atoms with Crippen LogP contribution in [-0.4, -0.2) is 17.8 Å². The zero-order valence-corrected chi connectivity index (χ0v) is 10.3. The van der Waals surface area contributed by atoms with Crippen molar-refractivity contribution in [2.75, 3.05) is 6.61 Å². The summed E-state index contributed by atoms with van der Waals surface area (Å²) in [5, 5.41) is 0.0933. The summed E-state index contributed by atoms with van der Waals surface area (Å²) >= 11 is 1.26. The molecule has 16 heavy (non-hydrogen) atoms. The van der Waals surface area contributed by atoms with E-state index in [2.05, 4.69) is 0 Å². The molecule has 0 N–H and O–H groups in total. The lowest BCUT2D eigenvalue weighted by Gasteiger charge is -2.24. The lowest BCUT2D eigenvalue weighted by molar-refractivity contribution is -0.118. The third kappa shape index (κ3) is 3.35. The van der Waals surface area contributed by atoms with Crippen molar-refractivity contribution in [1.29, 1.82) is 0 Å². The number of ether oxygens (including phenoxy) is 1. The molecular formula is C13H16O2S. The van der Waals surface area contributed by atoms with E-state index in [9.17, 15) is 4.79 Å². The van der Waals surface area contributed by atoms with E-state index in [1.165, 1.54) is 23.7 Å². The average Bonchev–Trinajstić information content (AvgIpc) is 2.19. The molecule has 0 spiro atoms. The Morgan fingerprint density at radius 2 is 2.06 bits per heavy atom. The van der Waals surface area contributed by atoms with Crippen molar-refractivity contribution in [3.63, 3.8) is 0 Å². The molecule has 3 heteroatoms. The summed E-state index contributed by atoms with van der Waals surface area (Å²) in [4.78, 5) is 12.6. The Morgan fingerprint density at radius 3 is 2.62 bits per heavy atom. The van der Waals surface area contributed by atoms with E-state index in [0.29, 0.717) is 6.10 Å². The van der Waals surface area contributed by atoms with Crippen molar-refractivity contribution >= 4 is 16.9 Å². The van der Waals surface area contributed by atoms with E-state index in [0.717, 1.165) is 17.7 Å². The highest BCUT2D eigenvalue weighted by atomic mass is 32.2. The maximum absolute atomic E-state index is 11.6. The first kappa shape index (κ1) is 11.7. The predicted octanol–water partition coefficient (Wildman–Crippen LogP) is 3.18. The SMILES string of the molecule is Cc1ccc(SC(=O)COC2CCC2)cc1. The Kier molecular flexibility index (Phi) is 4.02. The van der Waals surface area contributed by atoms with Gasteiger partial charge in [0.25, 0.3) is 0 Å². The van der Waals surface area contributed by atoms with Gasteiger partial charge < -0.3 is 4.74 Å². The van der Waals surface area contributed by atoms with E-state index >= 15 is 0 Å². The molecule has 1 aromatic rings. The lowest BCUT2D eigenvalue weighted by Crippen LogP contribution is -2.23. The summed E-state index contributed by atoms with van der Waals surface area (Å²) in [6.07, 6.45) is 3.80. The maximum atomic E-state index is 11.6. The molecule has 0 heterocycles. The van der Waals surface area contributed by atoms with Crippen molar-refractivity contribution in [3.05, 3.63) is 29.8 Å². The minimum atomic E-state index is 0.0933. The van der Waals surface area contributed by atoms with Gasteiger partial charge >= 0.3 is 0 Å².